The first-order chi connectivity index (χ1) is 10.2. The molecule has 4 heteroatoms. The Morgan fingerprint density at radius 3 is 2.76 bits per heavy atom. The summed E-state index contributed by atoms with van der Waals surface area (Å²) < 4.78 is 2.23. The molecule has 108 valence electrons. The first kappa shape index (κ1) is 14.4. The average Bonchev–Trinajstić information content (AvgIpc) is 2.86. The number of hydrogen-bond acceptors (Lipinski definition) is 1. The quantitative estimate of drug-likeness (QED) is 0.580. The van der Waals surface area contributed by atoms with E-state index in [1.807, 2.05) is 30.3 Å². The lowest BCUT2D eigenvalue weighted by Gasteiger charge is -2.08. The van der Waals surface area contributed by atoms with Crippen LogP contribution in [-0.4, -0.2) is 9.55 Å². The van der Waals surface area contributed by atoms with Gasteiger partial charge in [-0.05, 0) is 36.2 Å². The van der Waals surface area contributed by atoms with Crippen LogP contribution in [0.25, 0.3) is 22.4 Å². The van der Waals surface area contributed by atoms with Gasteiger partial charge < -0.3 is 4.57 Å². The number of rotatable bonds is 4. The smallest absolute Gasteiger partial charge is 0.141 e. The van der Waals surface area contributed by atoms with Gasteiger partial charge in [-0.3, -0.25) is 0 Å². The molecule has 0 atom stereocenters. The van der Waals surface area contributed by atoms with E-state index in [1.165, 1.54) is 0 Å². The molecule has 0 amide bonds. The predicted octanol–water partition coefficient (Wildman–Crippen LogP) is 5.51. The maximum atomic E-state index is 6.14. The molecule has 0 fully saturated rings. The summed E-state index contributed by atoms with van der Waals surface area (Å²) in [6, 6.07) is 14.1. The van der Waals surface area contributed by atoms with Crippen molar-refractivity contribution in [3.8, 4) is 11.4 Å². The molecule has 0 saturated heterocycles. The number of aryl methyl sites for hydroxylation is 1. The van der Waals surface area contributed by atoms with Gasteiger partial charge >= 0.3 is 0 Å². The molecule has 0 spiro atoms. The molecule has 0 radical (unpaired) electrons. The Balaban J connectivity index is 2.22. The largest absolute Gasteiger partial charge is 0.324 e. The highest BCUT2D eigenvalue weighted by molar-refractivity contribution is 6.31. The Morgan fingerprint density at radius 2 is 2.00 bits per heavy atom. The lowest BCUT2D eigenvalue weighted by molar-refractivity contribution is 0.704. The van der Waals surface area contributed by atoms with Gasteiger partial charge in [0.15, 0.2) is 0 Å². The van der Waals surface area contributed by atoms with Crippen LogP contribution in [0.4, 0.5) is 0 Å². The zero-order valence-electron chi connectivity index (χ0n) is 11.8. The minimum Gasteiger partial charge on any atom is -0.324 e. The first-order valence-corrected chi connectivity index (χ1v) is 7.95. The number of aromatic nitrogens is 2. The third kappa shape index (κ3) is 2.78. The van der Waals surface area contributed by atoms with Crippen LogP contribution in [0.15, 0.2) is 42.5 Å². The zero-order chi connectivity index (χ0) is 14.8. The van der Waals surface area contributed by atoms with E-state index in [0.29, 0.717) is 5.88 Å². The summed E-state index contributed by atoms with van der Waals surface area (Å²) in [6.07, 6.45) is 1.04. The monoisotopic (exact) mass is 318 g/mol. The number of alkyl halides is 1. The number of fused-ring (bicyclic) bond motifs is 1. The van der Waals surface area contributed by atoms with E-state index in [1.54, 1.807) is 0 Å². The second-order valence-electron chi connectivity index (χ2n) is 5.05. The maximum absolute atomic E-state index is 6.14. The highest BCUT2D eigenvalue weighted by Gasteiger charge is 2.12. The summed E-state index contributed by atoms with van der Waals surface area (Å²) in [7, 11) is 0. The van der Waals surface area contributed by atoms with Crippen molar-refractivity contribution in [2.24, 2.45) is 0 Å². The van der Waals surface area contributed by atoms with E-state index in [2.05, 4.69) is 23.6 Å². The van der Waals surface area contributed by atoms with Gasteiger partial charge in [-0.1, -0.05) is 36.7 Å². The summed E-state index contributed by atoms with van der Waals surface area (Å²) in [5.74, 6) is 1.48. The topological polar surface area (TPSA) is 17.8 Å². The standard InChI is InChI=1S/C17H16Cl2N2/c1-2-8-21-16-10-14(19)6-7-15(16)20-17(21)13-5-3-4-12(9-13)11-18/h3-7,9-10H,2,8,11H2,1H3. The van der Waals surface area contributed by atoms with Crippen molar-refractivity contribution < 1.29 is 0 Å². The summed E-state index contributed by atoms with van der Waals surface area (Å²) in [5, 5.41) is 0.737. The Labute approximate surface area is 134 Å². The number of hydrogen-bond donors (Lipinski definition) is 0. The molecule has 0 aliphatic rings. The molecule has 0 unspecified atom stereocenters. The molecule has 0 bridgehead atoms. The van der Waals surface area contributed by atoms with Crippen molar-refractivity contribution in [1.29, 1.82) is 0 Å². The third-order valence-electron chi connectivity index (χ3n) is 3.50. The molecular weight excluding hydrogens is 303 g/mol. The maximum Gasteiger partial charge on any atom is 0.141 e. The molecule has 3 aromatic rings. The molecule has 2 nitrogen and oxygen atoms in total. The van der Waals surface area contributed by atoms with Crippen molar-refractivity contribution in [2.45, 2.75) is 25.8 Å². The molecule has 21 heavy (non-hydrogen) atoms. The Morgan fingerprint density at radius 1 is 1.14 bits per heavy atom. The minimum absolute atomic E-state index is 0.508. The van der Waals surface area contributed by atoms with E-state index in [9.17, 15) is 0 Å². The predicted molar refractivity (Wildman–Crippen MR) is 90.0 cm³/mol. The summed E-state index contributed by atoms with van der Waals surface area (Å²) in [4.78, 5) is 4.78. The molecule has 0 aliphatic heterocycles. The van der Waals surface area contributed by atoms with Crippen LogP contribution >= 0.6 is 23.2 Å². The van der Waals surface area contributed by atoms with Gasteiger partial charge in [0.2, 0.25) is 0 Å². The van der Waals surface area contributed by atoms with E-state index in [0.717, 1.165) is 46.0 Å². The van der Waals surface area contributed by atoms with Crippen LogP contribution in [-0.2, 0) is 12.4 Å². The normalized spacial score (nSPS) is 11.2. The molecule has 1 aromatic heterocycles. The zero-order valence-corrected chi connectivity index (χ0v) is 13.3. The third-order valence-corrected chi connectivity index (χ3v) is 4.04. The lowest BCUT2D eigenvalue weighted by Crippen LogP contribution is -2.00. The summed E-state index contributed by atoms with van der Waals surface area (Å²) in [5.41, 5.74) is 4.24. The second-order valence-corrected chi connectivity index (χ2v) is 5.76. The summed E-state index contributed by atoms with van der Waals surface area (Å²) >= 11 is 12.1. The molecule has 0 aliphatic carbocycles. The van der Waals surface area contributed by atoms with Gasteiger partial charge in [0, 0.05) is 23.0 Å². The van der Waals surface area contributed by atoms with Crippen LogP contribution in [0, 0.1) is 0 Å². The fraction of sp³-hybridized carbons (Fsp3) is 0.235. The molecule has 0 N–H and O–H groups in total. The Kier molecular flexibility index (Phi) is 4.18. The van der Waals surface area contributed by atoms with Crippen LogP contribution in [0.3, 0.4) is 0 Å². The minimum atomic E-state index is 0.508. The number of imidazole rings is 1. The van der Waals surface area contributed by atoms with Crippen molar-refractivity contribution in [3.63, 3.8) is 0 Å². The fourth-order valence-electron chi connectivity index (χ4n) is 2.56. The fourth-order valence-corrected chi connectivity index (χ4v) is 2.89. The Hall–Kier alpha value is -1.51. The first-order valence-electron chi connectivity index (χ1n) is 7.04. The highest BCUT2D eigenvalue weighted by atomic mass is 35.5. The van der Waals surface area contributed by atoms with Gasteiger partial charge in [0.25, 0.3) is 0 Å². The van der Waals surface area contributed by atoms with Crippen molar-refractivity contribution in [2.75, 3.05) is 0 Å². The average molecular weight is 319 g/mol. The molecule has 0 saturated carbocycles. The van der Waals surface area contributed by atoms with Crippen LogP contribution in [0.2, 0.25) is 5.02 Å². The number of halogens is 2. The van der Waals surface area contributed by atoms with Crippen molar-refractivity contribution in [3.05, 3.63) is 53.1 Å². The second kappa shape index (κ2) is 6.08. The lowest BCUT2D eigenvalue weighted by atomic mass is 10.1. The summed E-state index contributed by atoms with van der Waals surface area (Å²) in [6.45, 7) is 3.08. The van der Waals surface area contributed by atoms with Gasteiger partial charge in [-0.2, -0.15) is 0 Å². The Bertz CT molecular complexity index is 778. The SMILES string of the molecule is CCCn1c(-c2cccc(CCl)c2)nc2ccc(Cl)cc21. The molecular formula is C17H16Cl2N2. The molecule has 1 heterocycles. The van der Waals surface area contributed by atoms with Gasteiger partial charge in [0.1, 0.15) is 5.82 Å². The molecule has 2 aromatic carbocycles. The molecule has 3 rings (SSSR count). The van der Waals surface area contributed by atoms with Gasteiger partial charge in [-0.25, -0.2) is 4.98 Å². The van der Waals surface area contributed by atoms with Crippen LogP contribution in [0.1, 0.15) is 18.9 Å². The van der Waals surface area contributed by atoms with Crippen LogP contribution < -0.4 is 0 Å². The van der Waals surface area contributed by atoms with Gasteiger partial charge in [0.05, 0.1) is 11.0 Å². The van der Waals surface area contributed by atoms with E-state index >= 15 is 0 Å². The van der Waals surface area contributed by atoms with E-state index < -0.39 is 0 Å². The van der Waals surface area contributed by atoms with E-state index in [-0.39, 0.29) is 0 Å². The number of nitrogens with zero attached hydrogens (tertiary/aromatic N) is 2. The highest BCUT2D eigenvalue weighted by Crippen LogP contribution is 2.28. The van der Waals surface area contributed by atoms with Crippen LogP contribution in [0.5, 0.6) is 0 Å². The van der Waals surface area contributed by atoms with E-state index in [4.69, 9.17) is 28.2 Å². The van der Waals surface area contributed by atoms with Crippen molar-refractivity contribution >= 4 is 34.2 Å². The van der Waals surface area contributed by atoms with Crippen molar-refractivity contribution in [1.82, 2.24) is 9.55 Å². The number of benzene rings is 2. The van der Waals surface area contributed by atoms with Gasteiger partial charge in [-0.15, -0.1) is 11.6 Å².